The fourth-order valence-corrected chi connectivity index (χ4v) is 3.68. The first-order valence-corrected chi connectivity index (χ1v) is 10.5. The summed E-state index contributed by atoms with van der Waals surface area (Å²) in [6, 6.07) is 13.2. The van der Waals surface area contributed by atoms with Crippen LogP contribution < -0.4 is 20.1 Å². The van der Waals surface area contributed by atoms with Crippen LogP contribution in [0.4, 0.5) is 0 Å². The van der Waals surface area contributed by atoms with Crippen LogP contribution in [0, 0.1) is 0 Å². The number of aromatic nitrogens is 1. The molecule has 2 amide bonds. The number of amides is 2. The molecule has 1 aromatic carbocycles. The average Bonchev–Trinajstić information content (AvgIpc) is 3.14. The lowest BCUT2D eigenvalue weighted by Gasteiger charge is -2.25. The second-order valence-corrected chi connectivity index (χ2v) is 7.62. The van der Waals surface area contributed by atoms with Gasteiger partial charge in [0.25, 0.3) is 5.91 Å². The molecule has 0 unspecified atom stereocenters. The fraction of sp³-hybridized carbons (Fsp3) is 0.435. The molecule has 0 aliphatic carbocycles. The Bertz CT molecular complexity index is 862. The molecule has 1 aliphatic heterocycles. The number of nitrogens with zero attached hydrogens (tertiary/aromatic N) is 2. The van der Waals surface area contributed by atoms with Gasteiger partial charge in [0.1, 0.15) is 11.5 Å². The highest BCUT2D eigenvalue weighted by molar-refractivity contribution is 5.77. The number of rotatable bonds is 10. The van der Waals surface area contributed by atoms with E-state index in [1.165, 1.54) is 0 Å². The molecule has 0 saturated carbocycles. The largest absolute Gasteiger partial charge is 0.497 e. The Morgan fingerprint density at radius 3 is 2.65 bits per heavy atom. The van der Waals surface area contributed by atoms with Gasteiger partial charge in [0, 0.05) is 37.3 Å². The summed E-state index contributed by atoms with van der Waals surface area (Å²) in [7, 11) is 3.59. The molecule has 1 fully saturated rings. The van der Waals surface area contributed by atoms with Gasteiger partial charge >= 0.3 is 0 Å². The summed E-state index contributed by atoms with van der Waals surface area (Å²) in [5, 5.41) is 5.86. The van der Waals surface area contributed by atoms with Crippen molar-refractivity contribution in [2.24, 2.45) is 0 Å². The second kappa shape index (κ2) is 11.3. The molecule has 1 aliphatic rings. The smallest absolute Gasteiger partial charge is 0.257 e. The molecule has 31 heavy (non-hydrogen) atoms. The van der Waals surface area contributed by atoms with Crippen molar-refractivity contribution in [3.8, 4) is 11.5 Å². The second-order valence-electron chi connectivity index (χ2n) is 7.62. The summed E-state index contributed by atoms with van der Waals surface area (Å²) < 4.78 is 10.7. The summed E-state index contributed by atoms with van der Waals surface area (Å²) in [5.74, 6) is 1.11. The number of pyridine rings is 1. The highest BCUT2D eigenvalue weighted by atomic mass is 16.5. The number of nitrogens with one attached hydrogen (secondary N) is 2. The van der Waals surface area contributed by atoms with E-state index in [2.05, 4.69) is 20.5 Å². The first kappa shape index (κ1) is 22.6. The van der Waals surface area contributed by atoms with Crippen molar-refractivity contribution in [2.75, 3.05) is 27.3 Å². The van der Waals surface area contributed by atoms with E-state index in [9.17, 15) is 9.59 Å². The summed E-state index contributed by atoms with van der Waals surface area (Å²) in [5.41, 5.74) is 0.840. The van der Waals surface area contributed by atoms with Crippen LogP contribution in [-0.4, -0.2) is 61.1 Å². The maximum absolute atomic E-state index is 12.3. The van der Waals surface area contributed by atoms with Crippen molar-refractivity contribution in [1.29, 1.82) is 0 Å². The minimum absolute atomic E-state index is 0.0128. The Hall–Kier alpha value is -3.13. The van der Waals surface area contributed by atoms with Crippen LogP contribution >= 0.6 is 0 Å². The van der Waals surface area contributed by atoms with Crippen LogP contribution in [0.5, 0.6) is 11.5 Å². The fourth-order valence-electron chi connectivity index (χ4n) is 3.68. The number of methoxy groups -OCH3 is 1. The van der Waals surface area contributed by atoms with Gasteiger partial charge in [-0.05, 0) is 44.2 Å². The van der Waals surface area contributed by atoms with E-state index in [1.54, 1.807) is 25.4 Å². The predicted octanol–water partition coefficient (Wildman–Crippen LogP) is 1.75. The van der Waals surface area contributed by atoms with E-state index < -0.39 is 0 Å². The molecule has 3 rings (SSSR count). The number of likely N-dealkylation sites (N-methyl/N-ethyl adjacent to an activating group) is 1. The van der Waals surface area contributed by atoms with Gasteiger partial charge in [0.15, 0.2) is 6.61 Å². The van der Waals surface area contributed by atoms with Gasteiger partial charge in [0.2, 0.25) is 5.91 Å². The number of carbonyl (C=O) groups is 2. The maximum Gasteiger partial charge on any atom is 0.257 e. The van der Waals surface area contributed by atoms with Crippen molar-refractivity contribution < 1.29 is 19.1 Å². The van der Waals surface area contributed by atoms with Crippen LogP contribution in [-0.2, 0) is 16.1 Å². The van der Waals surface area contributed by atoms with Crippen molar-refractivity contribution >= 4 is 11.8 Å². The van der Waals surface area contributed by atoms with Gasteiger partial charge in [0.05, 0.1) is 19.3 Å². The monoisotopic (exact) mass is 426 g/mol. The van der Waals surface area contributed by atoms with Crippen molar-refractivity contribution in [1.82, 2.24) is 20.5 Å². The Morgan fingerprint density at radius 1 is 1.06 bits per heavy atom. The van der Waals surface area contributed by atoms with Gasteiger partial charge in [-0.2, -0.15) is 0 Å². The first-order chi connectivity index (χ1) is 15.0. The van der Waals surface area contributed by atoms with E-state index in [1.807, 2.05) is 37.4 Å². The third-order valence-corrected chi connectivity index (χ3v) is 5.54. The van der Waals surface area contributed by atoms with Gasteiger partial charge < -0.3 is 20.1 Å². The quantitative estimate of drug-likeness (QED) is 0.601. The highest BCUT2D eigenvalue weighted by Crippen LogP contribution is 2.24. The topological polar surface area (TPSA) is 92.8 Å². The van der Waals surface area contributed by atoms with E-state index >= 15 is 0 Å². The lowest BCUT2D eigenvalue weighted by atomic mass is 10.1. The number of carbonyl (C=O) groups excluding carboxylic acids is 2. The molecule has 1 saturated heterocycles. The third-order valence-electron chi connectivity index (χ3n) is 5.54. The summed E-state index contributed by atoms with van der Waals surface area (Å²) in [6.07, 6.45) is 4.01. The molecule has 2 heterocycles. The highest BCUT2D eigenvalue weighted by Gasteiger charge is 2.31. The minimum Gasteiger partial charge on any atom is -0.497 e. The molecule has 166 valence electrons. The molecule has 0 bridgehead atoms. The molecule has 2 aromatic rings. The van der Waals surface area contributed by atoms with Crippen molar-refractivity contribution in [2.45, 2.75) is 37.9 Å². The lowest BCUT2D eigenvalue weighted by Crippen LogP contribution is -2.43. The first-order valence-electron chi connectivity index (χ1n) is 10.5. The zero-order valence-corrected chi connectivity index (χ0v) is 18.0. The van der Waals surface area contributed by atoms with Gasteiger partial charge in [-0.25, -0.2) is 0 Å². The Kier molecular flexibility index (Phi) is 8.23. The molecule has 2 N–H and O–H groups in total. The standard InChI is InChI=1S/C23H30N4O4/c1-27-18(12-22(28)25-14-17-6-3-4-11-24-17)9-10-19(27)15-26-23(29)16-31-21-8-5-7-20(13-21)30-2/h3-8,11,13,18-19H,9-10,12,14-16H2,1-2H3,(H,25,28)(H,26,29)/t18-,19+/m1/s1. The Labute approximate surface area is 182 Å². The van der Waals surface area contributed by atoms with E-state index in [-0.39, 0.29) is 30.5 Å². The summed E-state index contributed by atoms with van der Waals surface area (Å²) in [6.45, 7) is 0.911. The minimum atomic E-state index is -0.173. The zero-order valence-electron chi connectivity index (χ0n) is 18.0. The van der Waals surface area contributed by atoms with Crippen LogP contribution in [0.1, 0.15) is 25.0 Å². The number of benzene rings is 1. The van der Waals surface area contributed by atoms with Gasteiger partial charge in [-0.15, -0.1) is 0 Å². The van der Waals surface area contributed by atoms with E-state index in [0.29, 0.717) is 31.0 Å². The summed E-state index contributed by atoms with van der Waals surface area (Å²) in [4.78, 5) is 30.8. The maximum atomic E-state index is 12.3. The van der Waals surface area contributed by atoms with Crippen molar-refractivity contribution in [3.05, 3.63) is 54.4 Å². The number of hydrogen-bond donors (Lipinski definition) is 2. The normalized spacial score (nSPS) is 18.4. The number of ether oxygens (including phenoxy) is 2. The molecule has 0 radical (unpaired) electrons. The Balaban J connectivity index is 1.35. The SMILES string of the molecule is COc1cccc(OCC(=O)NC[C@@H]2CC[C@H](CC(=O)NCc3ccccn3)N2C)c1. The summed E-state index contributed by atoms with van der Waals surface area (Å²) >= 11 is 0. The van der Waals surface area contributed by atoms with Crippen molar-refractivity contribution in [3.63, 3.8) is 0 Å². The molecule has 1 aromatic heterocycles. The van der Waals surface area contributed by atoms with Crippen LogP contribution in [0.3, 0.4) is 0 Å². The van der Waals surface area contributed by atoms with E-state index in [0.717, 1.165) is 18.5 Å². The zero-order chi connectivity index (χ0) is 22.1. The molecular weight excluding hydrogens is 396 g/mol. The van der Waals surface area contributed by atoms with Crippen LogP contribution in [0.15, 0.2) is 48.7 Å². The third kappa shape index (κ3) is 6.96. The molecule has 8 heteroatoms. The van der Waals surface area contributed by atoms with Gasteiger partial charge in [-0.3, -0.25) is 19.5 Å². The molecule has 0 spiro atoms. The van der Waals surface area contributed by atoms with Crippen LogP contribution in [0.2, 0.25) is 0 Å². The number of likely N-dealkylation sites (tertiary alicyclic amines) is 1. The molecule has 2 atom stereocenters. The Morgan fingerprint density at radius 2 is 1.87 bits per heavy atom. The average molecular weight is 427 g/mol. The molecule has 8 nitrogen and oxygen atoms in total. The molecular formula is C23H30N4O4. The van der Waals surface area contributed by atoms with Gasteiger partial charge in [-0.1, -0.05) is 12.1 Å². The number of hydrogen-bond acceptors (Lipinski definition) is 6. The lowest BCUT2D eigenvalue weighted by molar-refractivity contribution is -0.124. The predicted molar refractivity (Wildman–Crippen MR) is 117 cm³/mol. The van der Waals surface area contributed by atoms with E-state index in [4.69, 9.17) is 9.47 Å². The van der Waals surface area contributed by atoms with Crippen LogP contribution in [0.25, 0.3) is 0 Å².